The van der Waals surface area contributed by atoms with E-state index in [0.29, 0.717) is 5.82 Å². The Morgan fingerprint density at radius 3 is 2.95 bits per heavy atom. The molecule has 0 aromatic carbocycles. The third-order valence-electron chi connectivity index (χ3n) is 4.04. The molecule has 0 unspecified atom stereocenters. The summed E-state index contributed by atoms with van der Waals surface area (Å²) in [5.41, 5.74) is 0.955. The number of amides is 1. The number of pyridine rings is 1. The van der Waals surface area contributed by atoms with E-state index >= 15 is 0 Å². The molecule has 2 rings (SSSR count). The van der Waals surface area contributed by atoms with E-state index in [4.69, 9.17) is 5.11 Å². The molecule has 1 aliphatic rings. The van der Waals surface area contributed by atoms with E-state index in [9.17, 15) is 4.79 Å². The van der Waals surface area contributed by atoms with Gasteiger partial charge in [0.1, 0.15) is 5.82 Å². The standard InChI is InChI=1S/C15H22N2O2S/c1-2-15(5-3-6-15)14(19)17-13-10-12(4-7-16-13)11-20-9-8-18/h4,7,10,18H,2-3,5-6,8-9,11H2,1H3,(H,16,17,19). The van der Waals surface area contributed by atoms with Crippen molar-refractivity contribution in [3.8, 4) is 0 Å². The Bertz CT molecular complexity index is 455. The fourth-order valence-electron chi connectivity index (χ4n) is 2.48. The quantitative estimate of drug-likeness (QED) is 0.759. The highest BCUT2D eigenvalue weighted by molar-refractivity contribution is 7.98. The number of nitrogens with one attached hydrogen (secondary N) is 1. The minimum absolute atomic E-state index is 0.110. The maximum atomic E-state index is 12.3. The molecular weight excluding hydrogens is 272 g/mol. The normalized spacial score (nSPS) is 16.5. The van der Waals surface area contributed by atoms with Crippen LogP contribution in [0.4, 0.5) is 5.82 Å². The van der Waals surface area contributed by atoms with Gasteiger partial charge >= 0.3 is 0 Å². The third kappa shape index (κ3) is 3.52. The summed E-state index contributed by atoms with van der Waals surface area (Å²) in [4.78, 5) is 16.6. The van der Waals surface area contributed by atoms with E-state index < -0.39 is 0 Å². The van der Waals surface area contributed by atoms with Crippen molar-refractivity contribution in [1.29, 1.82) is 0 Å². The van der Waals surface area contributed by atoms with Crippen LogP contribution >= 0.6 is 11.8 Å². The number of thioether (sulfide) groups is 1. The summed E-state index contributed by atoms with van der Waals surface area (Å²) < 4.78 is 0. The molecule has 0 aliphatic heterocycles. The molecule has 0 atom stereocenters. The van der Waals surface area contributed by atoms with Gasteiger partial charge in [0.2, 0.25) is 5.91 Å². The number of hydrogen-bond acceptors (Lipinski definition) is 4. The van der Waals surface area contributed by atoms with Crippen LogP contribution in [0.3, 0.4) is 0 Å². The fraction of sp³-hybridized carbons (Fsp3) is 0.600. The molecule has 1 aromatic rings. The number of aromatic nitrogens is 1. The van der Waals surface area contributed by atoms with E-state index in [-0.39, 0.29) is 17.9 Å². The number of aliphatic hydroxyl groups is 1. The van der Waals surface area contributed by atoms with Gasteiger partial charge in [-0.25, -0.2) is 4.98 Å². The molecule has 1 aliphatic carbocycles. The van der Waals surface area contributed by atoms with Crippen molar-refractivity contribution in [1.82, 2.24) is 4.98 Å². The molecule has 1 heterocycles. The number of aliphatic hydroxyl groups excluding tert-OH is 1. The molecule has 1 fully saturated rings. The van der Waals surface area contributed by atoms with Gasteiger partial charge in [-0.3, -0.25) is 4.79 Å². The molecule has 5 heteroatoms. The lowest BCUT2D eigenvalue weighted by Crippen LogP contribution is -2.41. The minimum atomic E-state index is -0.163. The first-order valence-electron chi connectivity index (χ1n) is 7.15. The molecule has 1 amide bonds. The molecular formula is C15H22N2O2S. The van der Waals surface area contributed by atoms with Gasteiger partial charge in [-0.1, -0.05) is 13.3 Å². The van der Waals surface area contributed by atoms with E-state index in [2.05, 4.69) is 17.2 Å². The topological polar surface area (TPSA) is 62.2 Å². The Labute approximate surface area is 124 Å². The molecule has 20 heavy (non-hydrogen) atoms. The van der Waals surface area contributed by atoms with Crippen molar-refractivity contribution in [3.05, 3.63) is 23.9 Å². The zero-order valence-corrected chi connectivity index (χ0v) is 12.7. The summed E-state index contributed by atoms with van der Waals surface area (Å²) >= 11 is 1.67. The Morgan fingerprint density at radius 2 is 2.35 bits per heavy atom. The molecule has 0 spiro atoms. The average Bonchev–Trinajstić information content (AvgIpc) is 2.39. The van der Waals surface area contributed by atoms with Crippen LogP contribution in [-0.2, 0) is 10.5 Å². The van der Waals surface area contributed by atoms with Crippen molar-refractivity contribution in [2.24, 2.45) is 5.41 Å². The van der Waals surface area contributed by atoms with Crippen LogP contribution in [0, 0.1) is 5.41 Å². The van der Waals surface area contributed by atoms with Gasteiger partial charge < -0.3 is 10.4 Å². The lowest BCUT2D eigenvalue weighted by atomic mass is 9.66. The van der Waals surface area contributed by atoms with Gasteiger partial charge in [0.05, 0.1) is 6.61 Å². The number of carbonyl (C=O) groups is 1. The lowest BCUT2D eigenvalue weighted by Gasteiger charge is -2.39. The smallest absolute Gasteiger partial charge is 0.231 e. The number of rotatable bonds is 7. The highest BCUT2D eigenvalue weighted by atomic mass is 32.2. The largest absolute Gasteiger partial charge is 0.396 e. The van der Waals surface area contributed by atoms with E-state index in [1.807, 2.05) is 12.1 Å². The maximum absolute atomic E-state index is 12.3. The molecule has 0 radical (unpaired) electrons. The number of anilines is 1. The van der Waals surface area contributed by atoms with E-state index in [0.717, 1.165) is 42.8 Å². The second kappa shape index (κ2) is 7.09. The second-order valence-corrected chi connectivity index (χ2v) is 6.37. The van der Waals surface area contributed by atoms with Crippen molar-refractivity contribution in [3.63, 3.8) is 0 Å². The molecule has 110 valence electrons. The van der Waals surface area contributed by atoms with Crippen molar-refractivity contribution in [2.45, 2.75) is 38.4 Å². The third-order valence-corrected chi connectivity index (χ3v) is 5.05. The van der Waals surface area contributed by atoms with Gasteiger partial charge in [-0.05, 0) is 37.0 Å². The highest BCUT2D eigenvalue weighted by Gasteiger charge is 2.42. The summed E-state index contributed by atoms with van der Waals surface area (Å²) in [6.07, 6.45) is 5.74. The molecule has 1 saturated carbocycles. The first-order chi connectivity index (χ1) is 9.70. The first-order valence-corrected chi connectivity index (χ1v) is 8.30. The van der Waals surface area contributed by atoms with Crippen molar-refractivity contribution in [2.75, 3.05) is 17.7 Å². The van der Waals surface area contributed by atoms with Crippen molar-refractivity contribution < 1.29 is 9.90 Å². The van der Waals surface area contributed by atoms with Crippen LogP contribution in [0.2, 0.25) is 0 Å². The Morgan fingerprint density at radius 1 is 1.55 bits per heavy atom. The van der Waals surface area contributed by atoms with Gasteiger partial charge in [-0.15, -0.1) is 0 Å². The van der Waals surface area contributed by atoms with E-state index in [1.54, 1.807) is 18.0 Å². The minimum Gasteiger partial charge on any atom is -0.396 e. The van der Waals surface area contributed by atoms with E-state index in [1.165, 1.54) is 0 Å². The molecule has 0 bridgehead atoms. The summed E-state index contributed by atoms with van der Waals surface area (Å²) in [7, 11) is 0. The monoisotopic (exact) mass is 294 g/mol. The maximum Gasteiger partial charge on any atom is 0.231 e. The summed E-state index contributed by atoms with van der Waals surface area (Å²) in [6, 6.07) is 3.86. The number of carbonyl (C=O) groups excluding carboxylic acids is 1. The van der Waals surface area contributed by atoms with Crippen LogP contribution in [0.25, 0.3) is 0 Å². The molecule has 4 nitrogen and oxygen atoms in total. The van der Waals surface area contributed by atoms with Crippen LogP contribution in [0.1, 0.15) is 38.2 Å². The fourth-order valence-corrected chi connectivity index (χ4v) is 3.17. The number of nitrogens with zero attached hydrogens (tertiary/aromatic N) is 1. The van der Waals surface area contributed by atoms with Crippen LogP contribution in [0.5, 0.6) is 0 Å². The Balaban J connectivity index is 1.95. The zero-order chi connectivity index (χ0) is 14.4. The Hall–Kier alpha value is -1.07. The van der Waals surface area contributed by atoms with Gasteiger partial charge in [-0.2, -0.15) is 11.8 Å². The van der Waals surface area contributed by atoms with Crippen LogP contribution < -0.4 is 5.32 Å². The van der Waals surface area contributed by atoms with Gasteiger partial charge in [0.25, 0.3) is 0 Å². The zero-order valence-electron chi connectivity index (χ0n) is 11.9. The lowest BCUT2D eigenvalue weighted by molar-refractivity contribution is -0.130. The molecule has 1 aromatic heterocycles. The van der Waals surface area contributed by atoms with Gasteiger partial charge in [0.15, 0.2) is 0 Å². The Kier molecular flexibility index (Phi) is 5.43. The molecule has 2 N–H and O–H groups in total. The SMILES string of the molecule is CCC1(C(=O)Nc2cc(CSCCO)ccn2)CCC1. The second-order valence-electron chi connectivity index (χ2n) is 5.27. The average molecular weight is 294 g/mol. The predicted octanol–water partition coefficient (Wildman–Crippen LogP) is 2.83. The van der Waals surface area contributed by atoms with Crippen molar-refractivity contribution >= 4 is 23.5 Å². The van der Waals surface area contributed by atoms with Crippen LogP contribution in [0.15, 0.2) is 18.3 Å². The highest BCUT2D eigenvalue weighted by Crippen LogP contribution is 2.44. The summed E-state index contributed by atoms with van der Waals surface area (Å²) in [5.74, 6) is 2.30. The summed E-state index contributed by atoms with van der Waals surface area (Å²) in [5, 5.41) is 11.7. The predicted molar refractivity (Wildman–Crippen MR) is 82.7 cm³/mol. The first kappa shape index (κ1) is 15.3. The number of hydrogen-bond donors (Lipinski definition) is 2. The van der Waals surface area contributed by atoms with Crippen LogP contribution in [-0.4, -0.2) is 28.4 Å². The molecule has 0 saturated heterocycles. The van der Waals surface area contributed by atoms with Gasteiger partial charge in [0, 0.05) is 23.1 Å². The summed E-state index contributed by atoms with van der Waals surface area (Å²) in [6.45, 7) is 2.27.